The standard InChI is InChI=1S/C25H22N6O2S2/c32-17-31(30-11-8-18(9-12-30)13-21-3-1-2-10-26-21)25-27-14-23(35-25)19-4-6-20(7-5-19)29-24(33)22-15-34-16-28-22/h1-7,10,13-17H,8-9,11-12H2,(H,29,33). The lowest BCUT2D eigenvalue weighted by Crippen LogP contribution is -2.45. The van der Waals surface area contributed by atoms with Crippen LogP contribution in [-0.4, -0.2) is 45.4 Å². The van der Waals surface area contributed by atoms with Gasteiger partial charge >= 0.3 is 0 Å². The van der Waals surface area contributed by atoms with E-state index in [1.807, 2.05) is 47.5 Å². The maximum atomic E-state index is 12.2. The molecular formula is C25H22N6O2S2. The molecule has 3 aromatic heterocycles. The molecule has 1 aliphatic rings. The molecule has 1 aromatic carbocycles. The summed E-state index contributed by atoms with van der Waals surface area (Å²) in [6, 6.07) is 13.4. The fourth-order valence-corrected chi connectivity index (χ4v) is 5.23. The number of benzene rings is 1. The van der Waals surface area contributed by atoms with E-state index in [0.29, 0.717) is 16.5 Å². The molecule has 1 aliphatic heterocycles. The monoisotopic (exact) mass is 502 g/mol. The van der Waals surface area contributed by atoms with Crippen LogP contribution < -0.4 is 10.3 Å². The summed E-state index contributed by atoms with van der Waals surface area (Å²) in [5.41, 5.74) is 5.97. The van der Waals surface area contributed by atoms with Gasteiger partial charge in [0.05, 0.1) is 16.1 Å². The third-order valence-corrected chi connectivity index (χ3v) is 7.23. The van der Waals surface area contributed by atoms with Gasteiger partial charge in [0.25, 0.3) is 5.91 Å². The Kier molecular flexibility index (Phi) is 7.03. The van der Waals surface area contributed by atoms with Crippen LogP contribution in [0.2, 0.25) is 0 Å². The number of rotatable bonds is 7. The molecule has 0 saturated carbocycles. The predicted molar refractivity (Wildman–Crippen MR) is 139 cm³/mol. The first-order valence-electron chi connectivity index (χ1n) is 11.1. The van der Waals surface area contributed by atoms with Crippen LogP contribution in [0.3, 0.4) is 0 Å². The Hall–Kier alpha value is -3.73. The molecule has 4 aromatic rings. The molecule has 0 aliphatic carbocycles. The molecule has 10 heteroatoms. The number of carbonyl (C=O) groups is 2. The molecule has 5 rings (SSSR count). The number of hydrazine groups is 1. The van der Waals surface area contributed by atoms with Crippen LogP contribution in [-0.2, 0) is 4.79 Å². The van der Waals surface area contributed by atoms with Crippen molar-refractivity contribution in [1.82, 2.24) is 20.0 Å². The summed E-state index contributed by atoms with van der Waals surface area (Å²) < 4.78 is 0. The number of amides is 2. The van der Waals surface area contributed by atoms with Gasteiger partial charge in [0.1, 0.15) is 5.69 Å². The van der Waals surface area contributed by atoms with Crippen LogP contribution in [0.5, 0.6) is 0 Å². The van der Waals surface area contributed by atoms with Crippen LogP contribution in [0.4, 0.5) is 10.8 Å². The number of nitrogens with one attached hydrogen (secondary N) is 1. The Labute approximate surface area is 210 Å². The lowest BCUT2D eigenvalue weighted by molar-refractivity contribution is -0.110. The van der Waals surface area contributed by atoms with E-state index in [1.54, 1.807) is 28.3 Å². The Morgan fingerprint density at radius 2 is 1.89 bits per heavy atom. The maximum Gasteiger partial charge on any atom is 0.275 e. The van der Waals surface area contributed by atoms with Crippen molar-refractivity contribution in [2.24, 2.45) is 0 Å². The van der Waals surface area contributed by atoms with Gasteiger partial charge in [0.2, 0.25) is 11.5 Å². The van der Waals surface area contributed by atoms with Gasteiger partial charge < -0.3 is 5.32 Å². The Bertz CT molecular complexity index is 1310. The molecule has 1 N–H and O–H groups in total. The van der Waals surface area contributed by atoms with Gasteiger partial charge in [-0.3, -0.25) is 14.6 Å². The minimum atomic E-state index is -0.236. The first-order chi connectivity index (χ1) is 17.2. The normalized spacial score (nSPS) is 13.9. The third kappa shape index (κ3) is 5.51. The number of thiazole rings is 2. The van der Waals surface area contributed by atoms with Crippen molar-refractivity contribution >= 4 is 51.9 Å². The summed E-state index contributed by atoms with van der Waals surface area (Å²) in [5, 5.41) is 8.82. The fourth-order valence-electron chi connectivity index (χ4n) is 3.79. The predicted octanol–water partition coefficient (Wildman–Crippen LogP) is 4.97. The van der Waals surface area contributed by atoms with Crippen molar-refractivity contribution in [1.29, 1.82) is 0 Å². The zero-order valence-corrected chi connectivity index (χ0v) is 20.3. The van der Waals surface area contributed by atoms with Crippen LogP contribution in [0.1, 0.15) is 29.0 Å². The summed E-state index contributed by atoms with van der Waals surface area (Å²) in [6.45, 7) is 1.47. The minimum absolute atomic E-state index is 0.236. The molecule has 176 valence electrons. The number of hydrogen-bond donors (Lipinski definition) is 1. The van der Waals surface area contributed by atoms with Gasteiger partial charge in [-0.05, 0) is 48.7 Å². The molecule has 35 heavy (non-hydrogen) atoms. The quantitative estimate of drug-likeness (QED) is 0.359. The average Bonchev–Trinajstić information content (AvgIpc) is 3.60. The van der Waals surface area contributed by atoms with Gasteiger partial charge in [-0.25, -0.2) is 20.0 Å². The third-order valence-electron chi connectivity index (χ3n) is 5.61. The highest BCUT2D eigenvalue weighted by atomic mass is 32.1. The van der Waals surface area contributed by atoms with Gasteiger partial charge in [-0.2, -0.15) is 0 Å². The highest BCUT2D eigenvalue weighted by molar-refractivity contribution is 7.19. The van der Waals surface area contributed by atoms with E-state index in [4.69, 9.17) is 0 Å². The number of piperidine rings is 1. The maximum absolute atomic E-state index is 12.2. The summed E-state index contributed by atoms with van der Waals surface area (Å²) in [7, 11) is 0. The van der Waals surface area contributed by atoms with Crippen molar-refractivity contribution in [3.63, 3.8) is 0 Å². The molecule has 0 spiro atoms. The van der Waals surface area contributed by atoms with Crippen LogP contribution in [0.15, 0.2) is 71.3 Å². The van der Waals surface area contributed by atoms with Crippen molar-refractivity contribution in [3.05, 3.63) is 82.7 Å². The number of nitrogens with zero attached hydrogens (tertiary/aromatic N) is 5. The van der Waals surface area contributed by atoms with Crippen LogP contribution in [0, 0.1) is 0 Å². The number of hydrogen-bond acceptors (Lipinski definition) is 8. The molecule has 0 bridgehead atoms. The summed E-state index contributed by atoms with van der Waals surface area (Å²) in [6.07, 6.45) is 8.26. The molecular weight excluding hydrogens is 480 g/mol. The molecule has 1 fully saturated rings. The largest absolute Gasteiger partial charge is 0.321 e. The van der Waals surface area contributed by atoms with E-state index < -0.39 is 0 Å². The van der Waals surface area contributed by atoms with E-state index in [0.717, 1.165) is 48.5 Å². The lowest BCUT2D eigenvalue weighted by Gasteiger charge is -2.34. The van der Waals surface area contributed by atoms with E-state index in [2.05, 4.69) is 26.3 Å². The Balaban J connectivity index is 1.22. The number of pyridine rings is 1. The van der Waals surface area contributed by atoms with Crippen molar-refractivity contribution in [3.8, 4) is 10.4 Å². The molecule has 0 radical (unpaired) electrons. The van der Waals surface area contributed by atoms with E-state index >= 15 is 0 Å². The molecule has 0 unspecified atom stereocenters. The summed E-state index contributed by atoms with van der Waals surface area (Å²) in [5.74, 6) is -0.236. The van der Waals surface area contributed by atoms with Gasteiger partial charge in [0.15, 0.2) is 0 Å². The van der Waals surface area contributed by atoms with Gasteiger partial charge in [-0.15, -0.1) is 11.3 Å². The topological polar surface area (TPSA) is 91.3 Å². The summed E-state index contributed by atoms with van der Waals surface area (Å²) >= 11 is 2.83. The molecule has 4 heterocycles. The zero-order chi connectivity index (χ0) is 24.0. The molecule has 0 atom stereocenters. The van der Waals surface area contributed by atoms with Crippen molar-refractivity contribution in [2.45, 2.75) is 12.8 Å². The number of anilines is 2. The van der Waals surface area contributed by atoms with E-state index in [-0.39, 0.29) is 5.91 Å². The van der Waals surface area contributed by atoms with Crippen LogP contribution in [0.25, 0.3) is 16.5 Å². The second kappa shape index (κ2) is 10.7. The lowest BCUT2D eigenvalue weighted by atomic mass is 10.0. The number of aromatic nitrogens is 3. The average molecular weight is 503 g/mol. The first kappa shape index (κ1) is 23.0. The Morgan fingerprint density at radius 1 is 1.06 bits per heavy atom. The summed E-state index contributed by atoms with van der Waals surface area (Å²) in [4.78, 5) is 38.0. The fraction of sp³-hybridized carbons (Fsp3) is 0.160. The molecule has 8 nitrogen and oxygen atoms in total. The second-order valence-electron chi connectivity index (χ2n) is 7.87. The Morgan fingerprint density at radius 3 is 2.57 bits per heavy atom. The highest BCUT2D eigenvalue weighted by Gasteiger charge is 2.23. The van der Waals surface area contributed by atoms with Crippen molar-refractivity contribution in [2.75, 3.05) is 23.4 Å². The number of carbonyl (C=O) groups excluding carboxylic acids is 2. The second-order valence-corrected chi connectivity index (χ2v) is 9.60. The van der Waals surface area contributed by atoms with Gasteiger partial charge in [0, 0.05) is 36.6 Å². The van der Waals surface area contributed by atoms with E-state index in [9.17, 15) is 9.59 Å². The molecule has 1 saturated heterocycles. The SMILES string of the molecule is O=CN(c1ncc(-c2ccc(NC(=O)c3cscn3)cc2)s1)N1CCC(=Cc2ccccn2)CC1. The van der Waals surface area contributed by atoms with Crippen LogP contribution >= 0.6 is 22.7 Å². The first-order valence-corrected chi connectivity index (χ1v) is 12.8. The van der Waals surface area contributed by atoms with Crippen molar-refractivity contribution < 1.29 is 9.59 Å². The smallest absolute Gasteiger partial charge is 0.275 e. The minimum Gasteiger partial charge on any atom is -0.321 e. The zero-order valence-electron chi connectivity index (χ0n) is 18.7. The highest BCUT2D eigenvalue weighted by Crippen LogP contribution is 2.33. The molecule has 2 amide bonds. The van der Waals surface area contributed by atoms with E-state index in [1.165, 1.54) is 28.2 Å². The van der Waals surface area contributed by atoms with Gasteiger partial charge in [-0.1, -0.05) is 35.1 Å².